The molecule has 0 saturated heterocycles. The average molecular weight is 297 g/mol. The van der Waals surface area contributed by atoms with E-state index in [1.165, 1.54) is 0 Å². The lowest BCUT2D eigenvalue weighted by Gasteiger charge is -2.07. The van der Waals surface area contributed by atoms with E-state index < -0.39 is 12.1 Å². The van der Waals surface area contributed by atoms with Crippen molar-refractivity contribution in [3.63, 3.8) is 0 Å². The molecule has 0 aliphatic heterocycles. The van der Waals surface area contributed by atoms with Crippen molar-refractivity contribution in [3.05, 3.63) is 36.5 Å². The van der Waals surface area contributed by atoms with Gasteiger partial charge in [0.1, 0.15) is 0 Å². The van der Waals surface area contributed by atoms with Crippen LogP contribution in [0.1, 0.15) is 27.2 Å². The molecule has 0 heterocycles. The molecule has 0 bridgehead atoms. The highest BCUT2D eigenvalue weighted by molar-refractivity contribution is 5.81. The van der Waals surface area contributed by atoms with Crippen LogP contribution in [0.25, 0.3) is 0 Å². The Morgan fingerprint density at radius 3 is 2.10 bits per heavy atom. The molecule has 0 spiro atoms. The fourth-order valence-corrected chi connectivity index (χ4v) is 0.936. The highest BCUT2D eigenvalue weighted by Crippen LogP contribution is 2.14. The Morgan fingerprint density at radius 2 is 1.75 bits per heavy atom. The van der Waals surface area contributed by atoms with Crippen molar-refractivity contribution >= 4 is 5.91 Å². The number of rotatable bonds is 5. The molecule has 0 aliphatic carbocycles. The lowest BCUT2D eigenvalue weighted by atomic mass is 10.1. The maximum Gasteiger partial charge on any atom is 0.471 e. The van der Waals surface area contributed by atoms with Crippen LogP contribution in [-0.2, 0) is 4.79 Å². The van der Waals surface area contributed by atoms with Gasteiger partial charge in [0.15, 0.2) is 0 Å². The van der Waals surface area contributed by atoms with Gasteiger partial charge in [0.2, 0.25) is 0 Å². The first-order chi connectivity index (χ1) is 9.41. The molecule has 20 heavy (non-hydrogen) atoms. The van der Waals surface area contributed by atoms with Crippen molar-refractivity contribution in [2.45, 2.75) is 33.4 Å². The first-order valence-electron chi connectivity index (χ1n) is 6.09. The summed E-state index contributed by atoms with van der Waals surface area (Å²) < 4.78 is 44.9. The van der Waals surface area contributed by atoms with Gasteiger partial charge in [0.25, 0.3) is 0 Å². The summed E-state index contributed by atoms with van der Waals surface area (Å²) in [6.45, 7) is 9.21. The fourth-order valence-electron chi connectivity index (χ4n) is 0.936. The molecule has 0 aromatic rings. The van der Waals surface area contributed by atoms with E-state index in [1.54, 1.807) is 36.5 Å². The summed E-state index contributed by atoms with van der Waals surface area (Å²) in [5, 5.41) is 1.80. The average Bonchev–Trinajstić information content (AvgIpc) is 2.45. The van der Waals surface area contributed by atoms with Crippen LogP contribution in [0.2, 0.25) is 0 Å². The van der Waals surface area contributed by atoms with Gasteiger partial charge in [-0.3, -0.25) is 9.18 Å². The van der Waals surface area contributed by atoms with Gasteiger partial charge >= 0.3 is 12.1 Å². The number of hydrogen-bond donors (Lipinski definition) is 1. The van der Waals surface area contributed by atoms with Crippen LogP contribution in [0.3, 0.4) is 0 Å². The number of amides is 1. The minimum atomic E-state index is -4.81. The zero-order chi connectivity index (χ0) is 16.6. The van der Waals surface area contributed by atoms with Gasteiger partial charge < -0.3 is 5.32 Å². The predicted molar refractivity (Wildman–Crippen MR) is 75.2 cm³/mol. The number of carbonyl (C=O) groups is 1. The van der Waals surface area contributed by atoms with E-state index in [2.05, 4.69) is 6.58 Å². The van der Waals surface area contributed by atoms with Crippen LogP contribution >= 0.6 is 0 Å². The van der Waals surface area contributed by atoms with Crippen LogP contribution in [-0.4, -0.2) is 25.8 Å². The third-order valence-corrected chi connectivity index (χ3v) is 1.77. The minimum absolute atomic E-state index is 0.0422. The van der Waals surface area contributed by atoms with Crippen molar-refractivity contribution in [3.8, 4) is 0 Å². The Hall–Kier alpha value is -1.59. The van der Waals surface area contributed by atoms with Gasteiger partial charge in [-0.25, -0.2) is 0 Å². The lowest BCUT2D eigenvalue weighted by molar-refractivity contribution is -0.173. The molecule has 0 aromatic heterocycles. The van der Waals surface area contributed by atoms with E-state index in [9.17, 15) is 22.4 Å². The summed E-state index contributed by atoms with van der Waals surface area (Å²) in [6, 6.07) is 0. The largest absolute Gasteiger partial charge is 0.471 e. The molecule has 0 aliphatic rings. The Bertz CT molecular complexity index is 307. The monoisotopic (exact) mass is 297 g/mol. The summed E-state index contributed by atoms with van der Waals surface area (Å²) in [5.41, 5.74) is 0.836. The Morgan fingerprint density at radius 1 is 1.25 bits per heavy atom. The predicted octanol–water partition coefficient (Wildman–Crippen LogP) is 4.36. The SMILES string of the molecule is C=C/C=C\C(=C/C)CCNC(=O)C(F)(F)F.CC.CF. The molecule has 6 heteroatoms. The zero-order valence-electron chi connectivity index (χ0n) is 12.4. The molecule has 0 fully saturated rings. The molecule has 0 saturated carbocycles. The van der Waals surface area contributed by atoms with E-state index in [0.717, 1.165) is 5.57 Å². The normalized spacial score (nSPS) is 10.9. The lowest BCUT2D eigenvalue weighted by Crippen LogP contribution is -2.37. The van der Waals surface area contributed by atoms with Crippen LogP contribution < -0.4 is 5.32 Å². The van der Waals surface area contributed by atoms with Gasteiger partial charge in [0.05, 0.1) is 7.18 Å². The molecule has 0 rings (SSSR count). The smallest absolute Gasteiger partial charge is 0.348 e. The quantitative estimate of drug-likeness (QED) is 0.593. The van der Waals surface area contributed by atoms with Crippen molar-refractivity contribution < 1.29 is 22.4 Å². The first-order valence-corrected chi connectivity index (χ1v) is 6.09. The van der Waals surface area contributed by atoms with Gasteiger partial charge in [-0.2, -0.15) is 13.2 Å². The molecule has 0 unspecified atom stereocenters. The van der Waals surface area contributed by atoms with E-state index >= 15 is 0 Å². The summed E-state index contributed by atoms with van der Waals surface area (Å²) >= 11 is 0. The van der Waals surface area contributed by atoms with Crippen molar-refractivity contribution in [1.29, 1.82) is 0 Å². The van der Waals surface area contributed by atoms with Crippen LogP contribution in [0.5, 0.6) is 0 Å². The highest BCUT2D eigenvalue weighted by atomic mass is 19.4. The van der Waals surface area contributed by atoms with Crippen molar-refractivity contribution in [2.75, 3.05) is 13.7 Å². The van der Waals surface area contributed by atoms with Crippen LogP contribution in [0, 0.1) is 0 Å². The molecule has 0 radical (unpaired) electrons. The number of halogens is 4. The number of allylic oxidation sites excluding steroid dienone is 4. The third kappa shape index (κ3) is 14.5. The van der Waals surface area contributed by atoms with Crippen LogP contribution in [0.4, 0.5) is 17.6 Å². The molecule has 2 nitrogen and oxygen atoms in total. The van der Waals surface area contributed by atoms with E-state index in [4.69, 9.17) is 0 Å². The summed E-state index contributed by atoms with van der Waals surface area (Å²) in [7, 11) is 0.500. The maximum atomic E-state index is 11.8. The first kappa shape index (κ1) is 23.5. The van der Waals surface area contributed by atoms with Gasteiger partial charge in [0, 0.05) is 6.54 Å². The van der Waals surface area contributed by atoms with Crippen LogP contribution in [0.15, 0.2) is 36.5 Å². The van der Waals surface area contributed by atoms with Gasteiger partial charge in [-0.15, -0.1) is 0 Å². The summed E-state index contributed by atoms with van der Waals surface area (Å²) in [6.07, 6.45) is 2.28. The minimum Gasteiger partial charge on any atom is -0.348 e. The summed E-state index contributed by atoms with van der Waals surface area (Å²) in [5.74, 6) is -1.91. The number of hydrogen-bond acceptors (Lipinski definition) is 1. The number of nitrogens with one attached hydrogen (secondary N) is 1. The topological polar surface area (TPSA) is 29.1 Å². The maximum absolute atomic E-state index is 11.8. The molecular weight excluding hydrogens is 274 g/mol. The third-order valence-electron chi connectivity index (χ3n) is 1.77. The molecule has 0 aromatic carbocycles. The number of alkyl halides is 4. The standard InChI is InChI=1S/C11H14F3NO.C2H6.CH3F/c1-3-5-6-9(4-2)7-8-15-10(16)11(12,13)14;2*1-2/h3-6H,1,7-8H2,2H3,(H,15,16);1-2H3;1H3/b6-5-,9-4+;;. The molecule has 1 amide bonds. The second-order valence-corrected chi connectivity index (χ2v) is 2.96. The van der Waals surface area contributed by atoms with Gasteiger partial charge in [-0.05, 0) is 13.3 Å². The summed E-state index contributed by atoms with van der Waals surface area (Å²) in [4.78, 5) is 10.5. The Labute approximate surface area is 118 Å². The second kappa shape index (κ2) is 15.5. The number of carbonyl (C=O) groups excluding carboxylic acids is 1. The molecule has 118 valence electrons. The molecule has 0 atom stereocenters. The van der Waals surface area contributed by atoms with Gasteiger partial charge in [-0.1, -0.05) is 50.3 Å². The second-order valence-electron chi connectivity index (χ2n) is 2.96. The van der Waals surface area contributed by atoms with Crippen molar-refractivity contribution in [2.24, 2.45) is 0 Å². The fraction of sp³-hybridized carbons (Fsp3) is 0.500. The molecular formula is C14H23F4NO. The van der Waals surface area contributed by atoms with E-state index in [1.807, 2.05) is 13.8 Å². The zero-order valence-corrected chi connectivity index (χ0v) is 12.4. The Balaban J connectivity index is -0.000000656. The van der Waals surface area contributed by atoms with Crippen molar-refractivity contribution in [1.82, 2.24) is 5.32 Å². The van der Waals surface area contributed by atoms with E-state index in [-0.39, 0.29) is 6.54 Å². The Kier molecular flexibility index (Phi) is 18.2. The van der Waals surface area contributed by atoms with E-state index in [0.29, 0.717) is 13.6 Å². The highest BCUT2D eigenvalue weighted by Gasteiger charge is 2.38. The molecule has 1 N–H and O–H groups in total.